The van der Waals surface area contributed by atoms with E-state index in [1.165, 1.54) is 16.2 Å². The lowest BCUT2D eigenvalue weighted by molar-refractivity contribution is 0.708. The van der Waals surface area contributed by atoms with Crippen LogP contribution in [0.25, 0.3) is 5.65 Å². The number of anilines is 2. The number of aryl methyl sites for hydroxylation is 1. The highest BCUT2D eigenvalue weighted by Crippen LogP contribution is 2.21. The lowest BCUT2D eigenvalue weighted by atomic mass is 10.4. The predicted octanol–water partition coefficient (Wildman–Crippen LogP) is 0.650. The van der Waals surface area contributed by atoms with E-state index in [1.54, 1.807) is 0 Å². The van der Waals surface area contributed by atoms with Gasteiger partial charge >= 0.3 is 0 Å². The van der Waals surface area contributed by atoms with Crippen LogP contribution in [0.15, 0.2) is 12.1 Å². The predicted molar refractivity (Wildman–Crippen MR) is 86.9 cm³/mol. The van der Waals surface area contributed by atoms with Gasteiger partial charge in [0.2, 0.25) is 5.13 Å². The van der Waals surface area contributed by atoms with E-state index in [0.717, 1.165) is 55.8 Å². The van der Waals surface area contributed by atoms with Crippen molar-refractivity contribution >= 4 is 28.1 Å². The minimum absolute atomic E-state index is 0.658. The molecule has 0 amide bonds. The molecular formula is C13H17N9S. The van der Waals surface area contributed by atoms with Gasteiger partial charge in [-0.3, -0.25) is 0 Å². The quantitative estimate of drug-likeness (QED) is 0.691. The van der Waals surface area contributed by atoms with Gasteiger partial charge in [0.05, 0.1) is 0 Å². The highest BCUT2D eigenvalue weighted by molar-refractivity contribution is 7.09. The maximum Gasteiger partial charge on any atom is 0.205 e. The first kappa shape index (κ1) is 14.2. The topological polar surface area (TPSA) is 88.2 Å². The Morgan fingerprint density at radius 3 is 2.87 bits per heavy atom. The van der Waals surface area contributed by atoms with Crippen LogP contribution in [-0.4, -0.2) is 60.8 Å². The second kappa shape index (κ2) is 6.03. The Morgan fingerprint density at radius 2 is 2.00 bits per heavy atom. The monoisotopic (exact) mass is 331 g/mol. The molecule has 3 aromatic heterocycles. The third kappa shape index (κ3) is 2.81. The van der Waals surface area contributed by atoms with Gasteiger partial charge in [0, 0.05) is 44.1 Å². The Kier molecular flexibility index (Phi) is 3.74. The number of hydrogen-bond acceptors (Lipinski definition) is 9. The van der Waals surface area contributed by atoms with E-state index < -0.39 is 0 Å². The van der Waals surface area contributed by atoms with Crippen LogP contribution < -0.4 is 9.80 Å². The number of nitrogens with zero attached hydrogens (tertiary/aromatic N) is 9. The summed E-state index contributed by atoms with van der Waals surface area (Å²) in [6.45, 7) is 5.82. The highest BCUT2D eigenvalue weighted by atomic mass is 32.1. The Bertz CT molecular complexity index is 797. The SMILES string of the molecule is CCc1nsc(N2CCCN(c3ccc4nnnn4n3)CC2)n1. The third-order valence-electron chi connectivity index (χ3n) is 3.92. The standard InChI is InChI=1S/C13H17N9S/c1-2-10-14-13(23-17-10)21-7-3-6-20(8-9-21)12-5-4-11-15-18-19-22(11)16-12/h4-5H,2-3,6-9H2,1H3. The molecule has 0 spiro atoms. The Balaban J connectivity index is 1.50. The molecule has 0 bridgehead atoms. The third-order valence-corrected chi connectivity index (χ3v) is 4.73. The van der Waals surface area contributed by atoms with Crippen molar-refractivity contribution in [3.63, 3.8) is 0 Å². The van der Waals surface area contributed by atoms with Crippen molar-refractivity contribution in [3.8, 4) is 0 Å². The second-order valence-electron chi connectivity index (χ2n) is 5.39. The average Bonchev–Trinajstić information content (AvgIpc) is 3.18. The van der Waals surface area contributed by atoms with Crippen LogP contribution in [0.5, 0.6) is 0 Å². The Labute approximate surface area is 137 Å². The van der Waals surface area contributed by atoms with Gasteiger partial charge in [-0.1, -0.05) is 6.92 Å². The van der Waals surface area contributed by atoms with Crippen molar-refractivity contribution in [2.24, 2.45) is 0 Å². The molecule has 0 unspecified atom stereocenters. The first-order valence-electron chi connectivity index (χ1n) is 7.71. The zero-order valence-electron chi connectivity index (χ0n) is 12.8. The maximum absolute atomic E-state index is 4.59. The molecule has 1 aliphatic heterocycles. The number of aromatic nitrogens is 7. The summed E-state index contributed by atoms with van der Waals surface area (Å²) in [6, 6.07) is 3.87. The first-order chi connectivity index (χ1) is 11.3. The molecule has 0 atom stereocenters. The smallest absolute Gasteiger partial charge is 0.205 e. The fourth-order valence-electron chi connectivity index (χ4n) is 2.66. The highest BCUT2D eigenvalue weighted by Gasteiger charge is 2.19. The summed E-state index contributed by atoms with van der Waals surface area (Å²) in [5.74, 6) is 1.83. The molecular weight excluding hydrogens is 314 g/mol. The Hall–Kier alpha value is -2.36. The molecule has 1 fully saturated rings. The van der Waals surface area contributed by atoms with Gasteiger partial charge in [0.15, 0.2) is 11.5 Å². The molecule has 9 nitrogen and oxygen atoms in total. The molecule has 0 N–H and O–H groups in total. The van der Waals surface area contributed by atoms with E-state index in [0.29, 0.717) is 5.65 Å². The van der Waals surface area contributed by atoms with Gasteiger partial charge in [-0.05, 0) is 29.0 Å². The van der Waals surface area contributed by atoms with Crippen molar-refractivity contribution < 1.29 is 0 Å². The lowest BCUT2D eigenvalue weighted by Gasteiger charge is -2.21. The van der Waals surface area contributed by atoms with Crippen LogP contribution in [0.4, 0.5) is 10.9 Å². The molecule has 4 rings (SSSR count). The van der Waals surface area contributed by atoms with Gasteiger partial charge in [-0.15, -0.1) is 14.8 Å². The fourth-order valence-corrected chi connectivity index (χ4v) is 3.46. The maximum atomic E-state index is 4.59. The molecule has 10 heteroatoms. The summed E-state index contributed by atoms with van der Waals surface area (Å²) in [7, 11) is 0. The summed E-state index contributed by atoms with van der Waals surface area (Å²) >= 11 is 1.49. The van der Waals surface area contributed by atoms with E-state index in [2.05, 4.69) is 46.7 Å². The van der Waals surface area contributed by atoms with Gasteiger partial charge in [-0.25, -0.2) is 4.98 Å². The molecule has 0 aliphatic carbocycles. The minimum Gasteiger partial charge on any atom is -0.353 e. The van der Waals surface area contributed by atoms with E-state index in [4.69, 9.17) is 0 Å². The normalized spacial score (nSPS) is 16.0. The van der Waals surface area contributed by atoms with E-state index in [1.807, 2.05) is 12.1 Å². The van der Waals surface area contributed by atoms with Gasteiger partial charge in [-0.2, -0.15) is 4.37 Å². The zero-order chi connectivity index (χ0) is 15.6. The van der Waals surface area contributed by atoms with Crippen LogP contribution in [-0.2, 0) is 6.42 Å². The molecule has 0 aromatic carbocycles. The van der Waals surface area contributed by atoms with Crippen molar-refractivity contribution in [1.82, 2.24) is 34.6 Å². The number of rotatable bonds is 3. The number of fused-ring (bicyclic) bond motifs is 1. The van der Waals surface area contributed by atoms with Crippen LogP contribution in [0, 0.1) is 0 Å². The lowest BCUT2D eigenvalue weighted by Crippen LogP contribution is -2.31. The number of tetrazole rings is 1. The van der Waals surface area contributed by atoms with Gasteiger partial charge < -0.3 is 9.80 Å². The summed E-state index contributed by atoms with van der Waals surface area (Å²) in [5.41, 5.74) is 0.658. The van der Waals surface area contributed by atoms with E-state index in [-0.39, 0.29) is 0 Å². The molecule has 0 radical (unpaired) electrons. The summed E-state index contributed by atoms with van der Waals surface area (Å²) in [5, 5.41) is 16.9. The molecule has 23 heavy (non-hydrogen) atoms. The van der Waals surface area contributed by atoms with Gasteiger partial charge in [0.25, 0.3) is 0 Å². The van der Waals surface area contributed by atoms with Crippen LogP contribution in [0.1, 0.15) is 19.2 Å². The van der Waals surface area contributed by atoms with E-state index in [9.17, 15) is 0 Å². The van der Waals surface area contributed by atoms with Crippen LogP contribution in [0.2, 0.25) is 0 Å². The second-order valence-corrected chi connectivity index (χ2v) is 6.12. The van der Waals surface area contributed by atoms with Crippen molar-refractivity contribution in [3.05, 3.63) is 18.0 Å². The minimum atomic E-state index is 0.658. The number of hydrogen-bond donors (Lipinski definition) is 0. The Morgan fingerprint density at radius 1 is 1.13 bits per heavy atom. The van der Waals surface area contributed by atoms with Crippen molar-refractivity contribution in [2.45, 2.75) is 19.8 Å². The average molecular weight is 331 g/mol. The first-order valence-corrected chi connectivity index (χ1v) is 8.49. The zero-order valence-corrected chi connectivity index (χ0v) is 13.6. The molecule has 3 aromatic rings. The van der Waals surface area contributed by atoms with Gasteiger partial charge in [0.1, 0.15) is 5.82 Å². The fraction of sp³-hybridized carbons (Fsp3) is 0.538. The molecule has 1 saturated heterocycles. The largest absolute Gasteiger partial charge is 0.353 e. The van der Waals surface area contributed by atoms with Crippen LogP contribution >= 0.6 is 11.5 Å². The molecule has 0 saturated carbocycles. The summed E-state index contributed by atoms with van der Waals surface area (Å²) in [6.07, 6.45) is 1.93. The molecule has 1 aliphatic rings. The summed E-state index contributed by atoms with van der Waals surface area (Å²) in [4.78, 5) is 9.17. The van der Waals surface area contributed by atoms with E-state index >= 15 is 0 Å². The molecule has 4 heterocycles. The van der Waals surface area contributed by atoms with Crippen LogP contribution in [0.3, 0.4) is 0 Å². The van der Waals surface area contributed by atoms with Crippen molar-refractivity contribution in [2.75, 3.05) is 36.0 Å². The molecule has 120 valence electrons. The summed E-state index contributed by atoms with van der Waals surface area (Å²) < 4.78 is 5.85. The van der Waals surface area contributed by atoms with Crippen molar-refractivity contribution in [1.29, 1.82) is 0 Å².